The molecule has 3 N–H and O–H groups in total. The molecule has 0 aliphatic carbocycles. The summed E-state index contributed by atoms with van der Waals surface area (Å²) in [5, 5.41) is 28.6. The van der Waals surface area contributed by atoms with Crippen molar-refractivity contribution in [3.8, 4) is 0 Å². The van der Waals surface area contributed by atoms with E-state index in [-0.39, 0.29) is 6.61 Å². The molecule has 0 saturated carbocycles. The van der Waals surface area contributed by atoms with Crippen LogP contribution in [-0.4, -0.2) is 52.9 Å². The van der Waals surface area contributed by atoms with Crippen LogP contribution in [0.25, 0.3) is 0 Å². The highest BCUT2D eigenvalue weighted by Gasteiger charge is 2.41. The summed E-state index contributed by atoms with van der Waals surface area (Å²) >= 11 is 0. The monoisotopic (exact) mass is 400 g/mol. The van der Waals surface area contributed by atoms with Gasteiger partial charge in [0.2, 0.25) is 0 Å². The first-order chi connectivity index (χ1) is 13.7. The van der Waals surface area contributed by atoms with Gasteiger partial charge >= 0.3 is 0 Å². The zero-order chi connectivity index (χ0) is 20.5. The molecule has 1 fully saturated rings. The van der Waals surface area contributed by atoms with Crippen LogP contribution < -0.4 is 0 Å². The molecule has 5 heteroatoms. The van der Waals surface area contributed by atoms with E-state index in [0.29, 0.717) is 0 Å². The number of ether oxygens (including phenoxy) is 2. The minimum atomic E-state index is -1.03. The molecule has 0 unspecified atom stereocenters. The van der Waals surface area contributed by atoms with Gasteiger partial charge in [-0.2, -0.15) is 0 Å². The predicted octanol–water partition coefficient (Wildman–Crippen LogP) is 4.48. The Balaban J connectivity index is 1.90. The van der Waals surface area contributed by atoms with E-state index >= 15 is 0 Å². The molecule has 0 bridgehead atoms. The predicted molar refractivity (Wildman–Crippen MR) is 113 cm³/mol. The Bertz CT molecular complexity index is 374. The third-order valence-electron chi connectivity index (χ3n) is 5.54. The molecule has 0 spiro atoms. The Labute approximate surface area is 172 Å². The molecular formula is C23H44O5. The quantitative estimate of drug-likeness (QED) is 0.233. The second-order valence-corrected chi connectivity index (χ2v) is 8.12. The fourth-order valence-electron chi connectivity index (χ4n) is 3.71. The van der Waals surface area contributed by atoms with Crippen molar-refractivity contribution in [2.75, 3.05) is 13.2 Å². The third kappa shape index (κ3) is 11.4. The van der Waals surface area contributed by atoms with Crippen molar-refractivity contribution in [3.05, 3.63) is 12.3 Å². The summed E-state index contributed by atoms with van der Waals surface area (Å²) in [6, 6.07) is 0. The highest BCUT2D eigenvalue weighted by molar-refractivity contribution is 4.91. The van der Waals surface area contributed by atoms with E-state index in [1.54, 1.807) is 6.26 Å². The van der Waals surface area contributed by atoms with Crippen molar-refractivity contribution < 1.29 is 24.8 Å². The van der Waals surface area contributed by atoms with Crippen LogP contribution in [0, 0.1) is 0 Å². The minimum Gasteiger partial charge on any atom is -0.493 e. The van der Waals surface area contributed by atoms with E-state index in [1.165, 1.54) is 77.0 Å². The fraction of sp³-hybridized carbons (Fsp3) is 0.913. The average molecular weight is 401 g/mol. The number of hydrogen-bond donors (Lipinski definition) is 3. The Morgan fingerprint density at radius 2 is 1.46 bits per heavy atom. The van der Waals surface area contributed by atoms with Gasteiger partial charge in [-0.1, -0.05) is 84.0 Å². The van der Waals surface area contributed by atoms with Crippen molar-refractivity contribution in [2.24, 2.45) is 0 Å². The summed E-state index contributed by atoms with van der Waals surface area (Å²) in [5.41, 5.74) is 0. The molecule has 0 aromatic heterocycles. The van der Waals surface area contributed by atoms with Gasteiger partial charge < -0.3 is 24.8 Å². The lowest BCUT2D eigenvalue weighted by Gasteiger charge is -2.22. The SMILES string of the molecule is CCCCCCCCCCCCCCC/C=C/O[C@H]1[C@@H]([C@@H](O)CO)OC[C@H]1O. The molecule has 0 amide bonds. The lowest BCUT2D eigenvalue weighted by molar-refractivity contribution is -0.0721. The first-order valence-corrected chi connectivity index (χ1v) is 11.6. The van der Waals surface area contributed by atoms with Crippen LogP contribution in [0.2, 0.25) is 0 Å². The van der Waals surface area contributed by atoms with Gasteiger partial charge in [-0.3, -0.25) is 0 Å². The number of hydrogen-bond acceptors (Lipinski definition) is 5. The lowest BCUT2D eigenvalue weighted by atomic mass is 10.0. The normalized spacial score (nSPS) is 23.5. The van der Waals surface area contributed by atoms with Crippen LogP contribution in [0.4, 0.5) is 0 Å². The minimum absolute atomic E-state index is 0.124. The largest absolute Gasteiger partial charge is 0.493 e. The Morgan fingerprint density at radius 1 is 0.929 bits per heavy atom. The summed E-state index contributed by atoms with van der Waals surface area (Å²) < 4.78 is 10.8. The molecule has 1 aliphatic heterocycles. The number of allylic oxidation sites excluding steroid dienone is 1. The standard InChI is InChI=1S/C23H44O5/c1-2-3-4-5-6-7-8-9-10-11-12-13-14-15-16-17-27-23-21(26)19-28-22(23)20(25)18-24/h16-17,20-26H,2-15,18-19H2,1H3/b17-16+/t20-,21+,22+,23+/m0/s1. The maximum atomic E-state index is 9.85. The van der Waals surface area contributed by atoms with Crippen molar-refractivity contribution in [1.82, 2.24) is 0 Å². The topological polar surface area (TPSA) is 79.2 Å². The summed E-state index contributed by atoms with van der Waals surface area (Å²) in [6.45, 7) is 1.99. The molecule has 1 rings (SSSR count). The average Bonchev–Trinajstić information content (AvgIpc) is 3.07. The molecule has 5 nitrogen and oxygen atoms in total. The smallest absolute Gasteiger partial charge is 0.154 e. The molecule has 0 aromatic rings. The summed E-state index contributed by atoms with van der Waals surface area (Å²) in [7, 11) is 0. The lowest BCUT2D eigenvalue weighted by Crippen LogP contribution is -2.41. The number of rotatable bonds is 18. The molecule has 4 atom stereocenters. The molecule has 28 heavy (non-hydrogen) atoms. The Hall–Kier alpha value is -0.620. The van der Waals surface area contributed by atoms with Crippen molar-refractivity contribution in [1.29, 1.82) is 0 Å². The van der Waals surface area contributed by atoms with E-state index in [4.69, 9.17) is 14.6 Å². The van der Waals surface area contributed by atoms with Crippen LogP contribution in [0.5, 0.6) is 0 Å². The van der Waals surface area contributed by atoms with E-state index in [9.17, 15) is 10.2 Å². The highest BCUT2D eigenvalue weighted by Crippen LogP contribution is 2.21. The van der Waals surface area contributed by atoms with Gasteiger partial charge in [0.15, 0.2) is 6.10 Å². The molecule has 0 radical (unpaired) electrons. The van der Waals surface area contributed by atoms with Crippen LogP contribution in [-0.2, 0) is 9.47 Å². The first-order valence-electron chi connectivity index (χ1n) is 11.6. The Morgan fingerprint density at radius 3 is 2.00 bits per heavy atom. The summed E-state index contributed by atoms with van der Waals surface area (Å²) in [6.07, 6.45) is 18.9. The molecule has 1 heterocycles. The third-order valence-corrected chi connectivity index (χ3v) is 5.54. The fourth-order valence-corrected chi connectivity index (χ4v) is 3.71. The number of aliphatic hydroxyl groups is 3. The van der Waals surface area contributed by atoms with E-state index < -0.39 is 31.0 Å². The first kappa shape index (κ1) is 25.4. The highest BCUT2D eigenvalue weighted by atomic mass is 16.6. The van der Waals surface area contributed by atoms with Gasteiger partial charge in [0, 0.05) is 0 Å². The van der Waals surface area contributed by atoms with Crippen molar-refractivity contribution in [2.45, 2.75) is 121 Å². The van der Waals surface area contributed by atoms with Crippen LogP contribution >= 0.6 is 0 Å². The molecular weight excluding hydrogens is 356 g/mol. The van der Waals surface area contributed by atoms with Crippen LogP contribution in [0.1, 0.15) is 96.8 Å². The van der Waals surface area contributed by atoms with E-state index in [2.05, 4.69) is 6.92 Å². The molecule has 166 valence electrons. The molecule has 0 aromatic carbocycles. The number of unbranched alkanes of at least 4 members (excludes halogenated alkanes) is 13. The maximum absolute atomic E-state index is 9.85. The Kier molecular flexibility index (Phi) is 15.7. The number of aliphatic hydroxyl groups excluding tert-OH is 3. The van der Waals surface area contributed by atoms with Gasteiger partial charge in [-0.05, 0) is 18.9 Å². The van der Waals surface area contributed by atoms with E-state index in [1.807, 2.05) is 6.08 Å². The summed E-state index contributed by atoms with van der Waals surface area (Å²) in [4.78, 5) is 0. The van der Waals surface area contributed by atoms with Gasteiger partial charge in [0.25, 0.3) is 0 Å². The van der Waals surface area contributed by atoms with Crippen LogP contribution in [0.3, 0.4) is 0 Å². The zero-order valence-electron chi connectivity index (χ0n) is 17.9. The van der Waals surface area contributed by atoms with Gasteiger partial charge in [-0.25, -0.2) is 0 Å². The summed E-state index contributed by atoms with van der Waals surface area (Å²) in [5.74, 6) is 0. The second-order valence-electron chi connectivity index (χ2n) is 8.12. The van der Waals surface area contributed by atoms with Gasteiger partial charge in [-0.15, -0.1) is 0 Å². The second kappa shape index (κ2) is 17.3. The van der Waals surface area contributed by atoms with E-state index in [0.717, 1.165) is 12.8 Å². The van der Waals surface area contributed by atoms with Crippen LogP contribution in [0.15, 0.2) is 12.3 Å². The van der Waals surface area contributed by atoms with Crippen molar-refractivity contribution in [3.63, 3.8) is 0 Å². The van der Waals surface area contributed by atoms with Gasteiger partial charge in [0.05, 0.1) is 19.5 Å². The molecule has 1 saturated heterocycles. The van der Waals surface area contributed by atoms with Crippen molar-refractivity contribution >= 4 is 0 Å². The molecule has 1 aliphatic rings. The zero-order valence-corrected chi connectivity index (χ0v) is 17.9. The van der Waals surface area contributed by atoms with Gasteiger partial charge in [0.1, 0.15) is 18.3 Å². The maximum Gasteiger partial charge on any atom is 0.154 e.